The van der Waals surface area contributed by atoms with Crippen molar-refractivity contribution in [1.29, 1.82) is 0 Å². The van der Waals surface area contributed by atoms with Crippen molar-refractivity contribution in [2.75, 3.05) is 0 Å². The van der Waals surface area contributed by atoms with E-state index in [1.54, 1.807) is 6.20 Å². The normalized spacial score (nSPS) is 18.7. The lowest BCUT2D eigenvalue weighted by atomic mass is 10.0. The van der Waals surface area contributed by atoms with Crippen molar-refractivity contribution in [3.8, 4) is 0 Å². The van der Waals surface area contributed by atoms with Gasteiger partial charge in [-0.05, 0) is 24.1 Å². The van der Waals surface area contributed by atoms with Gasteiger partial charge in [0.1, 0.15) is 5.82 Å². The van der Waals surface area contributed by atoms with Crippen LogP contribution in [0.25, 0.3) is 10.9 Å². The highest BCUT2D eigenvalue weighted by Crippen LogP contribution is 2.38. The van der Waals surface area contributed by atoms with Crippen LogP contribution in [0.4, 0.5) is 4.39 Å². The van der Waals surface area contributed by atoms with E-state index in [4.69, 9.17) is 23.2 Å². The summed E-state index contributed by atoms with van der Waals surface area (Å²) >= 11 is 11.8. The molecular weight excluding hydrogens is 262 g/mol. The highest BCUT2D eigenvalue weighted by Gasteiger charge is 2.23. The highest BCUT2D eigenvalue weighted by molar-refractivity contribution is 6.45. The van der Waals surface area contributed by atoms with Crippen LogP contribution in [0, 0.1) is 5.82 Å². The molecule has 17 heavy (non-hydrogen) atoms. The molecule has 0 unspecified atom stereocenters. The molecule has 1 aromatic carbocycles. The molecule has 3 rings (SSSR count). The van der Waals surface area contributed by atoms with Gasteiger partial charge in [0, 0.05) is 24.2 Å². The average molecular weight is 271 g/mol. The lowest BCUT2D eigenvalue weighted by molar-refractivity contribution is 0.627. The van der Waals surface area contributed by atoms with Gasteiger partial charge < -0.3 is 5.32 Å². The molecule has 1 aliphatic heterocycles. The van der Waals surface area contributed by atoms with E-state index in [0.717, 1.165) is 23.1 Å². The standard InChI is InChI=1S/C12H9Cl2FN2/c1-5-9-6(3-16-5)4-17-12-7(9)2-8(15)10(13)11(12)14/h2,4-5,16H,3H2,1H3/t5-/m0/s1. The van der Waals surface area contributed by atoms with Crippen molar-refractivity contribution in [2.45, 2.75) is 19.5 Å². The van der Waals surface area contributed by atoms with Crippen molar-refractivity contribution in [2.24, 2.45) is 0 Å². The molecule has 0 fully saturated rings. The monoisotopic (exact) mass is 270 g/mol. The largest absolute Gasteiger partial charge is 0.306 e. The number of rotatable bonds is 0. The van der Waals surface area contributed by atoms with Gasteiger partial charge in [-0.3, -0.25) is 4.98 Å². The molecule has 0 radical (unpaired) electrons. The molecular formula is C12H9Cl2FN2. The third-order valence-corrected chi connectivity index (χ3v) is 3.99. The molecule has 2 nitrogen and oxygen atoms in total. The number of nitrogens with one attached hydrogen (secondary N) is 1. The molecule has 1 N–H and O–H groups in total. The van der Waals surface area contributed by atoms with E-state index in [1.807, 2.05) is 6.92 Å². The molecule has 2 heterocycles. The molecule has 0 saturated heterocycles. The zero-order valence-electron chi connectivity index (χ0n) is 9.02. The third-order valence-electron chi connectivity index (χ3n) is 3.15. The van der Waals surface area contributed by atoms with E-state index in [0.29, 0.717) is 5.52 Å². The van der Waals surface area contributed by atoms with Crippen LogP contribution >= 0.6 is 23.2 Å². The van der Waals surface area contributed by atoms with E-state index in [2.05, 4.69) is 10.3 Å². The maximum absolute atomic E-state index is 13.6. The van der Waals surface area contributed by atoms with Gasteiger partial charge >= 0.3 is 0 Å². The van der Waals surface area contributed by atoms with Gasteiger partial charge in [0.15, 0.2) is 0 Å². The van der Waals surface area contributed by atoms with Crippen molar-refractivity contribution in [1.82, 2.24) is 10.3 Å². The molecule has 1 aromatic heterocycles. The first kappa shape index (κ1) is 11.2. The summed E-state index contributed by atoms with van der Waals surface area (Å²) in [7, 11) is 0. The second-order valence-corrected chi connectivity index (χ2v) is 4.94. The Balaban J connectivity index is 2.46. The lowest BCUT2D eigenvalue weighted by Crippen LogP contribution is -2.07. The number of nitrogens with zero attached hydrogens (tertiary/aromatic N) is 1. The fraction of sp³-hybridized carbons (Fsp3) is 0.250. The second kappa shape index (κ2) is 3.80. The number of halogens is 3. The fourth-order valence-electron chi connectivity index (χ4n) is 2.32. The summed E-state index contributed by atoms with van der Waals surface area (Å²) in [5.74, 6) is -0.501. The van der Waals surface area contributed by atoms with Crippen LogP contribution in [0.2, 0.25) is 10.0 Å². The van der Waals surface area contributed by atoms with E-state index < -0.39 is 5.82 Å². The van der Waals surface area contributed by atoms with Crippen LogP contribution in [-0.2, 0) is 6.54 Å². The highest BCUT2D eigenvalue weighted by atomic mass is 35.5. The predicted molar refractivity (Wildman–Crippen MR) is 67.0 cm³/mol. The van der Waals surface area contributed by atoms with Crippen LogP contribution in [0.3, 0.4) is 0 Å². The first-order valence-electron chi connectivity index (χ1n) is 5.28. The van der Waals surface area contributed by atoms with E-state index in [9.17, 15) is 4.39 Å². The number of benzene rings is 1. The molecule has 5 heteroatoms. The quantitative estimate of drug-likeness (QED) is 0.736. The van der Waals surface area contributed by atoms with Gasteiger partial charge in [0.05, 0.1) is 15.6 Å². The maximum atomic E-state index is 13.6. The Kier molecular flexibility index (Phi) is 2.51. The van der Waals surface area contributed by atoms with Crippen LogP contribution in [0.5, 0.6) is 0 Å². The molecule has 0 saturated carbocycles. The van der Waals surface area contributed by atoms with Crippen molar-refractivity contribution >= 4 is 34.1 Å². The summed E-state index contributed by atoms with van der Waals surface area (Å²) < 4.78 is 13.6. The maximum Gasteiger partial charge on any atom is 0.144 e. The lowest BCUT2D eigenvalue weighted by Gasteiger charge is -2.10. The third kappa shape index (κ3) is 1.53. The summed E-state index contributed by atoms with van der Waals surface area (Å²) in [4.78, 5) is 4.27. The molecule has 0 aliphatic carbocycles. The Labute approximate surface area is 108 Å². The summed E-state index contributed by atoms with van der Waals surface area (Å²) in [5, 5.41) is 4.15. The summed E-state index contributed by atoms with van der Waals surface area (Å²) in [5.41, 5.74) is 2.71. The van der Waals surface area contributed by atoms with Gasteiger partial charge in [-0.1, -0.05) is 23.2 Å². The van der Waals surface area contributed by atoms with Crippen molar-refractivity contribution in [3.63, 3.8) is 0 Å². The second-order valence-electron chi connectivity index (χ2n) is 4.18. The summed E-state index contributed by atoms with van der Waals surface area (Å²) in [6, 6.07) is 1.59. The zero-order valence-corrected chi connectivity index (χ0v) is 10.5. The number of aromatic nitrogens is 1. The molecule has 0 bridgehead atoms. The molecule has 1 atom stereocenters. The van der Waals surface area contributed by atoms with Crippen LogP contribution in [-0.4, -0.2) is 4.98 Å². The molecule has 2 aromatic rings. The zero-order chi connectivity index (χ0) is 12.2. The summed E-state index contributed by atoms with van der Waals surface area (Å²) in [6.45, 7) is 2.78. The Morgan fingerprint density at radius 3 is 2.94 bits per heavy atom. The van der Waals surface area contributed by atoms with Crippen LogP contribution in [0.1, 0.15) is 24.1 Å². The van der Waals surface area contributed by atoms with Gasteiger partial charge in [0.25, 0.3) is 0 Å². The van der Waals surface area contributed by atoms with Gasteiger partial charge in [-0.25, -0.2) is 4.39 Å². The summed E-state index contributed by atoms with van der Waals surface area (Å²) in [6.07, 6.45) is 1.77. The Morgan fingerprint density at radius 1 is 1.41 bits per heavy atom. The first-order chi connectivity index (χ1) is 8.09. The topological polar surface area (TPSA) is 24.9 Å². The minimum Gasteiger partial charge on any atom is -0.306 e. The van der Waals surface area contributed by atoms with Crippen molar-refractivity contribution in [3.05, 3.63) is 39.3 Å². The molecule has 1 aliphatic rings. The Morgan fingerprint density at radius 2 is 2.18 bits per heavy atom. The van der Waals surface area contributed by atoms with Crippen LogP contribution in [0.15, 0.2) is 12.3 Å². The predicted octanol–water partition coefficient (Wildman–Crippen LogP) is 3.84. The molecule has 0 amide bonds. The fourth-order valence-corrected chi connectivity index (χ4v) is 2.70. The first-order valence-corrected chi connectivity index (χ1v) is 6.03. The Bertz CT molecular complexity index is 628. The van der Waals surface area contributed by atoms with Gasteiger partial charge in [0.2, 0.25) is 0 Å². The van der Waals surface area contributed by atoms with Gasteiger partial charge in [-0.15, -0.1) is 0 Å². The number of fused-ring (bicyclic) bond motifs is 3. The number of hydrogen-bond donors (Lipinski definition) is 1. The van der Waals surface area contributed by atoms with E-state index >= 15 is 0 Å². The van der Waals surface area contributed by atoms with Crippen LogP contribution < -0.4 is 5.32 Å². The minimum absolute atomic E-state index is 0.0646. The number of pyridine rings is 1. The van der Waals surface area contributed by atoms with E-state index in [-0.39, 0.29) is 16.1 Å². The molecule has 88 valence electrons. The Hall–Kier alpha value is -0.900. The average Bonchev–Trinajstić information content (AvgIpc) is 2.68. The van der Waals surface area contributed by atoms with Crippen molar-refractivity contribution < 1.29 is 4.39 Å². The SMILES string of the molecule is C[C@@H]1NCc2cnc3c(Cl)c(Cl)c(F)cc3c21. The smallest absolute Gasteiger partial charge is 0.144 e. The van der Waals surface area contributed by atoms with Gasteiger partial charge in [-0.2, -0.15) is 0 Å². The molecule has 0 spiro atoms. The number of hydrogen-bond acceptors (Lipinski definition) is 2. The van der Waals surface area contributed by atoms with E-state index in [1.165, 1.54) is 6.07 Å². The minimum atomic E-state index is -0.501.